The molecule has 16 nitrogen and oxygen atoms in total. The van der Waals surface area contributed by atoms with Gasteiger partial charge in [-0.3, -0.25) is 9.97 Å². The number of azo groups is 1. The molecule has 6 N–H and O–H groups in total. The number of aliphatic hydroxyl groups excluding tert-OH is 1. The van der Waals surface area contributed by atoms with Gasteiger partial charge in [0.05, 0.1) is 6.61 Å². The summed E-state index contributed by atoms with van der Waals surface area (Å²) in [6, 6.07) is 0. The fraction of sp³-hybridized carbons (Fsp3) is 0.308. The minimum absolute atomic E-state index is 0.0687. The van der Waals surface area contributed by atoms with E-state index in [0.29, 0.717) is 17.6 Å². The second kappa shape index (κ2) is 8.65. The number of rotatable bonds is 8. The van der Waals surface area contributed by atoms with Gasteiger partial charge in [0.15, 0.2) is 17.3 Å². The van der Waals surface area contributed by atoms with Crippen LogP contribution >= 0.6 is 0 Å². The molecule has 0 radical (unpaired) electrons. The van der Waals surface area contributed by atoms with Gasteiger partial charge in [-0.15, -0.1) is 15.3 Å². The quantitative estimate of drug-likeness (QED) is 0.244. The van der Waals surface area contributed by atoms with Gasteiger partial charge >= 0.3 is 11.4 Å². The van der Waals surface area contributed by atoms with Crippen molar-refractivity contribution in [3.05, 3.63) is 27.3 Å². The fourth-order valence-electron chi connectivity index (χ4n) is 2.12. The summed E-state index contributed by atoms with van der Waals surface area (Å²) in [5, 5.41) is 29.7. The lowest BCUT2D eigenvalue weighted by Gasteiger charge is -2.11. The highest BCUT2D eigenvalue weighted by Gasteiger charge is 2.14. The van der Waals surface area contributed by atoms with Crippen LogP contribution in [0.3, 0.4) is 0 Å². The molecule has 0 amide bonds. The average molecular weight is 403 g/mol. The molecule has 152 valence electrons. The van der Waals surface area contributed by atoms with Crippen LogP contribution in [0.25, 0.3) is 5.95 Å². The number of aromatic nitrogens is 8. The number of aliphatic hydroxyl groups is 1. The minimum atomic E-state index is -0.831. The Morgan fingerprint density at radius 3 is 2.59 bits per heavy atom. The average Bonchev–Trinajstić information content (AvgIpc) is 3.18. The van der Waals surface area contributed by atoms with Crippen LogP contribution in [0.1, 0.15) is 0 Å². The molecule has 29 heavy (non-hydrogen) atoms. The Labute approximate surface area is 161 Å². The van der Waals surface area contributed by atoms with Crippen molar-refractivity contribution in [3.8, 4) is 5.95 Å². The summed E-state index contributed by atoms with van der Waals surface area (Å²) >= 11 is 0. The van der Waals surface area contributed by atoms with E-state index in [4.69, 9.17) is 5.11 Å². The summed E-state index contributed by atoms with van der Waals surface area (Å²) < 4.78 is 1.06. The molecular formula is C13H17N13O3. The summed E-state index contributed by atoms with van der Waals surface area (Å²) in [5.41, 5.74) is -1.31. The van der Waals surface area contributed by atoms with Crippen molar-refractivity contribution in [2.24, 2.45) is 10.2 Å². The molecule has 0 bridgehead atoms. The molecule has 3 aromatic heterocycles. The highest BCUT2D eigenvalue weighted by atomic mass is 16.3. The molecule has 3 aromatic rings. The topological polar surface area (TPSA) is 216 Å². The molecular weight excluding hydrogens is 386 g/mol. The Bertz CT molecular complexity index is 1100. The highest BCUT2D eigenvalue weighted by molar-refractivity contribution is 5.75. The van der Waals surface area contributed by atoms with E-state index >= 15 is 0 Å². The van der Waals surface area contributed by atoms with Crippen LogP contribution in [-0.4, -0.2) is 72.0 Å². The molecule has 0 aliphatic carbocycles. The number of anilines is 3. The lowest BCUT2D eigenvalue weighted by molar-refractivity contribution is 0.311. The van der Waals surface area contributed by atoms with E-state index in [1.807, 2.05) is 4.98 Å². The van der Waals surface area contributed by atoms with Crippen LogP contribution in [0.15, 0.2) is 26.1 Å². The maximum atomic E-state index is 11.3. The van der Waals surface area contributed by atoms with Crippen LogP contribution in [0.5, 0.6) is 0 Å². The first-order chi connectivity index (χ1) is 14.0. The molecule has 3 heterocycles. The van der Waals surface area contributed by atoms with Crippen LogP contribution in [0, 0.1) is 0 Å². The predicted molar refractivity (Wildman–Crippen MR) is 101 cm³/mol. The zero-order valence-electron chi connectivity index (χ0n) is 15.3. The first-order valence-corrected chi connectivity index (χ1v) is 8.20. The number of hydrogen-bond acceptors (Lipinski definition) is 13. The minimum Gasteiger partial charge on any atom is -0.395 e. The molecule has 0 atom stereocenters. The first-order valence-electron chi connectivity index (χ1n) is 8.20. The van der Waals surface area contributed by atoms with Gasteiger partial charge < -0.3 is 21.1 Å². The van der Waals surface area contributed by atoms with Gasteiger partial charge in [-0.05, 0) is 0 Å². The van der Waals surface area contributed by atoms with E-state index < -0.39 is 11.4 Å². The SMILES string of the molecule is CNc1nc(NC)c(N=Nc2ncn(-c3nc(=O)[nH]c(=O)[nH]3)n2)c(NCCO)n1. The third kappa shape index (κ3) is 4.56. The van der Waals surface area contributed by atoms with Crippen molar-refractivity contribution in [3.63, 3.8) is 0 Å². The number of nitrogens with one attached hydrogen (secondary N) is 5. The maximum Gasteiger partial charge on any atom is 0.352 e. The summed E-state index contributed by atoms with van der Waals surface area (Å²) in [6.07, 6.45) is 1.20. The van der Waals surface area contributed by atoms with Crippen LogP contribution in [0.4, 0.5) is 29.2 Å². The van der Waals surface area contributed by atoms with Gasteiger partial charge in [0.25, 0.3) is 5.95 Å². The Hall–Kier alpha value is -4.21. The summed E-state index contributed by atoms with van der Waals surface area (Å²) in [5.74, 6) is 0.831. The van der Waals surface area contributed by atoms with E-state index in [1.165, 1.54) is 6.33 Å². The number of hydrogen-bond donors (Lipinski definition) is 6. The van der Waals surface area contributed by atoms with Crippen molar-refractivity contribution in [1.29, 1.82) is 0 Å². The van der Waals surface area contributed by atoms with Crippen LogP contribution < -0.4 is 27.3 Å². The Morgan fingerprint density at radius 1 is 1.10 bits per heavy atom. The van der Waals surface area contributed by atoms with Gasteiger partial charge in [-0.25, -0.2) is 9.59 Å². The normalized spacial score (nSPS) is 11.0. The van der Waals surface area contributed by atoms with Gasteiger partial charge in [-0.2, -0.15) is 24.6 Å². The third-order valence-corrected chi connectivity index (χ3v) is 3.34. The van der Waals surface area contributed by atoms with Gasteiger partial charge in [0.1, 0.15) is 6.33 Å². The maximum absolute atomic E-state index is 11.3. The van der Waals surface area contributed by atoms with E-state index in [9.17, 15) is 9.59 Å². The number of aromatic amines is 2. The Kier molecular flexibility index (Phi) is 5.83. The van der Waals surface area contributed by atoms with Gasteiger partial charge in [0, 0.05) is 20.6 Å². The van der Waals surface area contributed by atoms with E-state index in [0.717, 1.165) is 4.68 Å². The Morgan fingerprint density at radius 2 is 1.90 bits per heavy atom. The van der Waals surface area contributed by atoms with Crippen LogP contribution in [0.2, 0.25) is 0 Å². The largest absolute Gasteiger partial charge is 0.395 e. The summed E-state index contributed by atoms with van der Waals surface area (Å²) in [7, 11) is 3.31. The first kappa shape index (κ1) is 19.5. The standard InChI is InChI=1S/C13H17N13O3/c1-14-7-6(8(16-3-4-27)19-9(15-2)18-7)23-24-10-17-5-26(25-10)11-20-12(28)22-13(29)21-11/h5,27H,3-4H2,1-2H3,(H3,14,15,16,18,19)(H2,20,21,22,28,29). The van der Waals surface area contributed by atoms with Crippen molar-refractivity contribution >= 4 is 29.2 Å². The lowest BCUT2D eigenvalue weighted by Crippen LogP contribution is -2.27. The lowest BCUT2D eigenvalue weighted by atomic mass is 10.4. The van der Waals surface area contributed by atoms with Crippen molar-refractivity contribution < 1.29 is 5.11 Å². The fourth-order valence-corrected chi connectivity index (χ4v) is 2.12. The molecule has 0 fully saturated rings. The van der Waals surface area contributed by atoms with E-state index in [1.54, 1.807) is 14.1 Å². The zero-order valence-corrected chi connectivity index (χ0v) is 15.3. The smallest absolute Gasteiger partial charge is 0.352 e. The number of nitrogens with zero attached hydrogens (tertiary/aromatic N) is 8. The third-order valence-electron chi connectivity index (χ3n) is 3.34. The molecule has 16 heteroatoms. The van der Waals surface area contributed by atoms with Crippen molar-refractivity contribution in [2.75, 3.05) is 43.2 Å². The second-order valence-corrected chi connectivity index (χ2v) is 5.25. The monoisotopic (exact) mass is 403 g/mol. The predicted octanol–water partition coefficient (Wildman–Crippen LogP) is -1.27. The zero-order chi connectivity index (χ0) is 20.8. The molecule has 0 aliphatic rings. The highest BCUT2D eigenvalue weighted by Crippen LogP contribution is 2.32. The number of H-pyrrole nitrogens is 2. The van der Waals surface area contributed by atoms with Gasteiger partial charge in [-0.1, -0.05) is 0 Å². The van der Waals surface area contributed by atoms with Crippen LogP contribution in [-0.2, 0) is 0 Å². The molecule has 0 spiro atoms. The van der Waals surface area contributed by atoms with E-state index in [-0.39, 0.29) is 30.7 Å². The molecule has 0 unspecified atom stereocenters. The van der Waals surface area contributed by atoms with Gasteiger partial charge in [0.2, 0.25) is 11.9 Å². The molecule has 0 saturated heterocycles. The molecule has 3 rings (SSSR count). The second-order valence-electron chi connectivity index (χ2n) is 5.25. The molecule has 0 aromatic carbocycles. The van der Waals surface area contributed by atoms with E-state index in [2.05, 4.69) is 56.2 Å². The van der Waals surface area contributed by atoms with Crippen molar-refractivity contribution in [1.82, 2.24) is 39.7 Å². The molecule has 0 saturated carbocycles. The summed E-state index contributed by atoms with van der Waals surface area (Å²) in [4.78, 5) is 42.9. The summed E-state index contributed by atoms with van der Waals surface area (Å²) in [6.45, 7) is 0.123. The molecule has 0 aliphatic heterocycles. The van der Waals surface area contributed by atoms with Crippen molar-refractivity contribution in [2.45, 2.75) is 0 Å². The Balaban J connectivity index is 1.94.